The molecule has 5 aliphatic rings. The van der Waals surface area contributed by atoms with Gasteiger partial charge in [-0.25, -0.2) is 26.7 Å². The highest BCUT2D eigenvalue weighted by molar-refractivity contribution is 5.79. The Hall–Kier alpha value is -4.64. The quantitative estimate of drug-likeness (QED) is 0.213. The SMILES string of the molecule is O=C(C[C@@H]1CC2(CCN(c3ccc4c(c3)N3CC(F)(F)C[C@H]3CN4)CC2)c2cc(F)ccc21)N[C@H](Cc1ccc(F)c(F)c1)CN1CCOCC1.O=C(O)C(F)(F)F. The number of ether oxygens (including phenoxy) is 1. The third-order valence-electron chi connectivity index (χ3n) is 12.0. The Labute approximate surface area is 330 Å². The van der Waals surface area contributed by atoms with Gasteiger partial charge in [0.25, 0.3) is 5.92 Å². The van der Waals surface area contributed by atoms with Crippen LogP contribution in [0.4, 0.5) is 52.2 Å². The van der Waals surface area contributed by atoms with E-state index in [4.69, 9.17) is 14.6 Å². The van der Waals surface area contributed by atoms with Gasteiger partial charge in [0.2, 0.25) is 5.91 Å². The summed E-state index contributed by atoms with van der Waals surface area (Å²) in [6, 6.07) is 14.3. The lowest BCUT2D eigenvalue weighted by Crippen LogP contribution is -2.48. The molecule has 3 atom stereocenters. The number of nitrogens with one attached hydrogen (secondary N) is 2. The Morgan fingerprint density at radius 1 is 0.931 bits per heavy atom. The van der Waals surface area contributed by atoms with Gasteiger partial charge >= 0.3 is 12.1 Å². The second-order valence-corrected chi connectivity index (χ2v) is 16.0. The molecule has 3 aromatic carbocycles. The molecule has 1 amide bonds. The summed E-state index contributed by atoms with van der Waals surface area (Å²) in [4.78, 5) is 29.0. The number of piperidine rings is 1. The smallest absolute Gasteiger partial charge is 0.475 e. The van der Waals surface area contributed by atoms with Gasteiger partial charge in [-0.05, 0) is 96.2 Å². The molecule has 1 aliphatic carbocycles. The van der Waals surface area contributed by atoms with Crippen LogP contribution in [0.25, 0.3) is 0 Å². The topological polar surface area (TPSA) is 97.4 Å². The number of carboxylic acid groups (broad SMARTS) is 1. The third-order valence-corrected chi connectivity index (χ3v) is 12.0. The summed E-state index contributed by atoms with van der Waals surface area (Å²) >= 11 is 0. The van der Waals surface area contributed by atoms with E-state index < -0.39 is 29.7 Å². The Bertz CT molecular complexity index is 1990. The second kappa shape index (κ2) is 16.5. The van der Waals surface area contributed by atoms with E-state index in [1.807, 2.05) is 29.2 Å². The van der Waals surface area contributed by atoms with Crippen molar-refractivity contribution in [3.8, 4) is 0 Å². The van der Waals surface area contributed by atoms with Crippen LogP contribution >= 0.6 is 0 Å². The fourth-order valence-corrected chi connectivity index (χ4v) is 9.30. The first kappa shape index (κ1) is 41.5. The zero-order valence-corrected chi connectivity index (χ0v) is 31.6. The molecule has 0 bridgehead atoms. The Morgan fingerprint density at radius 3 is 2.34 bits per heavy atom. The van der Waals surface area contributed by atoms with Gasteiger partial charge in [0.1, 0.15) is 5.82 Å². The number of aliphatic carboxylic acids is 1. The average Bonchev–Trinajstić information content (AvgIpc) is 3.65. The van der Waals surface area contributed by atoms with Gasteiger partial charge in [-0.2, -0.15) is 13.2 Å². The number of benzene rings is 3. The summed E-state index contributed by atoms with van der Waals surface area (Å²) in [5.74, 6) is -7.79. The molecule has 0 radical (unpaired) electrons. The number of alkyl halides is 5. The fraction of sp³-hybridized carbons (Fsp3) is 0.512. The highest BCUT2D eigenvalue weighted by atomic mass is 19.4. The van der Waals surface area contributed by atoms with Crippen molar-refractivity contribution in [2.75, 3.05) is 74.1 Å². The number of halogens is 8. The van der Waals surface area contributed by atoms with Crippen molar-refractivity contribution < 1.29 is 54.6 Å². The summed E-state index contributed by atoms with van der Waals surface area (Å²) in [6.45, 7) is 4.88. The number of carbonyl (C=O) groups excluding carboxylic acids is 1. The van der Waals surface area contributed by atoms with Crippen LogP contribution in [0.1, 0.15) is 54.7 Å². The highest BCUT2D eigenvalue weighted by Crippen LogP contribution is 2.53. The molecule has 0 aromatic heterocycles. The molecule has 58 heavy (non-hydrogen) atoms. The van der Waals surface area contributed by atoms with Gasteiger partial charge in [0, 0.05) is 63.8 Å². The number of anilines is 3. The predicted octanol–water partition coefficient (Wildman–Crippen LogP) is 6.85. The first-order valence-corrected chi connectivity index (χ1v) is 19.4. The summed E-state index contributed by atoms with van der Waals surface area (Å²) in [5, 5.41) is 13.7. The minimum atomic E-state index is -5.08. The van der Waals surface area contributed by atoms with Gasteiger partial charge in [-0.1, -0.05) is 12.1 Å². The Morgan fingerprint density at radius 2 is 1.66 bits per heavy atom. The first-order chi connectivity index (χ1) is 27.5. The highest BCUT2D eigenvalue weighted by Gasteiger charge is 2.48. The Kier molecular flexibility index (Phi) is 11.8. The van der Waals surface area contributed by atoms with E-state index in [0.29, 0.717) is 38.3 Å². The lowest BCUT2D eigenvalue weighted by molar-refractivity contribution is -0.192. The maximum absolute atomic E-state index is 14.8. The minimum absolute atomic E-state index is 0.0944. The maximum Gasteiger partial charge on any atom is 0.490 e. The van der Waals surface area contributed by atoms with Gasteiger partial charge in [0.15, 0.2) is 11.6 Å². The number of hydrogen-bond donors (Lipinski definition) is 3. The van der Waals surface area contributed by atoms with Crippen LogP contribution in [0.3, 0.4) is 0 Å². The van der Waals surface area contributed by atoms with Crippen LogP contribution in [-0.2, 0) is 26.2 Å². The van der Waals surface area contributed by atoms with E-state index in [2.05, 4.69) is 20.4 Å². The van der Waals surface area contributed by atoms with Gasteiger partial charge in [0.05, 0.1) is 37.2 Å². The lowest BCUT2D eigenvalue weighted by atomic mass is 9.73. The first-order valence-electron chi connectivity index (χ1n) is 19.4. The molecule has 3 aromatic rings. The second-order valence-electron chi connectivity index (χ2n) is 16.0. The number of carboxylic acids is 1. The van der Waals surface area contributed by atoms with Crippen molar-refractivity contribution in [2.24, 2.45) is 0 Å². The van der Waals surface area contributed by atoms with E-state index in [9.17, 15) is 39.9 Å². The predicted molar refractivity (Wildman–Crippen MR) is 200 cm³/mol. The van der Waals surface area contributed by atoms with Crippen molar-refractivity contribution >= 4 is 28.9 Å². The molecular formula is C41H45F8N5O4. The summed E-state index contributed by atoms with van der Waals surface area (Å²) in [7, 11) is 0. The van der Waals surface area contributed by atoms with E-state index in [1.54, 1.807) is 12.1 Å². The summed E-state index contributed by atoms with van der Waals surface area (Å²) in [5.41, 5.74) is 4.98. The zero-order valence-electron chi connectivity index (χ0n) is 31.6. The number of fused-ring (bicyclic) bond motifs is 5. The molecule has 3 saturated heterocycles. The lowest BCUT2D eigenvalue weighted by Gasteiger charge is -2.42. The normalized spacial score (nSPS) is 22.6. The molecule has 17 heteroatoms. The molecule has 314 valence electrons. The van der Waals surface area contributed by atoms with Gasteiger partial charge < -0.3 is 30.3 Å². The fourth-order valence-electron chi connectivity index (χ4n) is 9.30. The summed E-state index contributed by atoms with van der Waals surface area (Å²) in [6.07, 6.45) is -2.36. The zero-order chi connectivity index (χ0) is 41.4. The standard InChI is InChI=1S/C39H44F5N5O2.C2HF3O2/c40-27-2-4-31-26(17-37(50)46-28(23-47-11-13-51-14-12-47)15-25-1-5-33(41)34(42)16-25)20-38(32(31)18-27)7-9-48(10-8-38)29-3-6-35-36(19-29)49-24-39(43,44)21-30(49)22-45-35;3-2(4,5)1(6)7/h1-6,16,18-19,26,28,30,45H,7-15,17,20-24H2,(H,46,50);(H,6,7)/t26-,28-,30+;/m1./s1. The van der Waals surface area contributed by atoms with Crippen LogP contribution < -0.4 is 20.4 Å². The molecule has 0 saturated carbocycles. The van der Waals surface area contributed by atoms with E-state index >= 15 is 0 Å². The van der Waals surface area contributed by atoms with E-state index in [0.717, 1.165) is 79.7 Å². The van der Waals surface area contributed by atoms with Crippen LogP contribution in [0.2, 0.25) is 0 Å². The van der Waals surface area contributed by atoms with Crippen molar-refractivity contribution in [2.45, 2.75) is 74.0 Å². The number of hydrogen-bond acceptors (Lipinski definition) is 7. The molecule has 1 spiro atoms. The average molecular weight is 824 g/mol. The van der Waals surface area contributed by atoms with E-state index in [-0.39, 0.29) is 54.5 Å². The molecule has 8 rings (SSSR count). The number of nitrogens with zero attached hydrogens (tertiary/aromatic N) is 3. The van der Waals surface area contributed by atoms with Crippen LogP contribution in [0, 0.1) is 17.5 Å². The number of carbonyl (C=O) groups is 2. The van der Waals surface area contributed by atoms with Gasteiger partial charge in [-0.15, -0.1) is 0 Å². The minimum Gasteiger partial charge on any atom is -0.475 e. The molecule has 3 fully saturated rings. The number of amides is 1. The largest absolute Gasteiger partial charge is 0.490 e. The number of rotatable bonds is 8. The van der Waals surface area contributed by atoms with E-state index in [1.165, 1.54) is 12.1 Å². The van der Waals surface area contributed by atoms with Crippen molar-refractivity contribution in [1.82, 2.24) is 10.2 Å². The maximum atomic E-state index is 14.8. The van der Waals surface area contributed by atoms with Crippen LogP contribution in [-0.4, -0.2) is 105 Å². The molecule has 9 nitrogen and oxygen atoms in total. The molecule has 0 unspecified atom stereocenters. The monoisotopic (exact) mass is 823 g/mol. The van der Waals surface area contributed by atoms with Crippen molar-refractivity contribution in [3.63, 3.8) is 0 Å². The van der Waals surface area contributed by atoms with Crippen LogP contribution in [0.5, 0.6) is 0 Å². The summed E-state index contributed by atoms with van der Waals surface area (Å²) < 4.78 is 108. The third kappa shape index (κ3) is 9.30. The molecule has 3 N–H and O–H groups in total. The number of morpholine rings is 1. The van der Waals surface area contributed by atoms with Gasteiger partial charge in [-0.3, -0.25) is 9.69 Å². The molecule has 4 aliphatic heterocycles. The van der Waals surface area contributed by atoms with Crippen LogP contribution in [0.15, 0.2) is 54.6 Å². The van der Waals surface area contributed by atoms with Crippen molar-refractivity contribution in [1.29, 1.82) is 0 Å². The van der Waals surface area contributed by atoms with Crippen molar-refractivity contribution in [3.05, 3.63) is 88.7 Å². The molecule has 4 heterocycles. The Balaban J connectivity index is 0.000000672. The molecular weight excluding hydrogens is 778 g/mol.